The highest BCUT2D eigenvalue weighted by molar-refractivity contribution is 5.99. The standard InChI is InChI=1S/C35H44N8O6/c1-22(2)30-34(48)38-23(3)31(45)40-28(19-24-9-6-5-7-10-24)35(49)42(4)20-29(44)37-16-8-11-27(33(47)41-30)39-32(46)25-12-14-26(15-13-25)43-18-17-36-21-43/h5-7,9-10,12-15,17-18,21-23,27-28,30H,8,11,16,19-20H2,1-4H3,(H,37,44)(H,38,48)(H,39,46)(H,40,45)(H,41,47)/t23-,27+,28+,30-/m1/s1. The summed E-state index contributed by atoms with van der Waals surface area (Å²) in [6, 6.07) is 11.7. The van der Waals surface area contributed by atoms with E-state index in [0.717, 1.165) is 11.3 Å². The summed E-state index contributed by atoms with van der Waals surface area (Å²) in [4.78, 5) is 85.1. The van der Waals surface area contributed by atoms with Gasteiger partial charge in [-0.2, -0.15) is 0 Å². The highest BCUT2D eigenvalue weighted by Crippen LogP contribution is 2.12. The number of hydrogen-bond donors (Lipinski definition) is 5. The molecular weight excluding hydrogens is 628 g/mol. The van der Waals surface area contributed by atoms with Crippen molar-refractivity contribution in [3.05, 3.63) is 84.4 Å². The van der Waals surface area contributed by atoms with E-state index in [1.807, 2.05) is 30.3 Å². The Morgan fingerprint density at radius 2 is 1.65 bits per heavy atom. The maximum atomic E-state index is 13.6. The van der Waals surface area contributed by atoms with Crippen molar-refractivity contribution in [1.82, 2.24) is 41.0 Å². The molecule has 4 atom stereocenters. The maximum absolute atomic E-state index is 13.6. The van der Waals surface area contributed by atoms with Crippen molar-refractivity contribution in [3.8, 4) is 5.69 Å². The smallest absolute Gasteiger partial charge is 0.251 e. The number of amides is 6. The summed E-state index contributed by atoms with van der Waals surface area (Å²) < 4.78 is 1.79. The van der Waals surface area contributed by atoms with Gasteiger partial charge in [-0.25, -0.2) is 4.98 Å². The van der Waals surface area contributed by atoms with Gasteiger partial charge in [0.2, 0.25) is 29.5 Å². The third kappa shape index (κ3) is 10.2. The molecule has 1 aliphatic rings. The van der Waals surface area contributed by atoms with Crippen LogP contribution in [0.1, 0.15) is 49.5 Å². The number of carbonyl (C=O) groups is 6. The molecular formula is C35H44N8O6. The molecule has 2 aromatic carbocycles. The van der Waals surface area contributed by atoms with Crippen molar-refractivity contribution in [2.45, 2.75) is 64.2 Å². The molecule has 49 heavy (non-hydrogen) atoms. The summed E-state index contributed by atoms with van der Waals surface area (Å²) in [5, 5.41) is 13.7. The van der Waals surface area contributed by atoms with Crippen LogP contribution < -0.4 is 26.6 Å². The van der Waals surface area contributed by atoms with Crippen LogP contribution in [0.2, 0.25) is 0 Å². The van der Waals surface area contributed by atoms with Crippen LogP contribution in [0.25, 0.3) is 5.69 Å². The Kier molecular flexibility index (Phi) is 12.6. The molecule has 1 aliphatic heterocycles. The van der Waals surface area contributed by atoms with E-state index in [9.17, 15) is 28.8 Å². The zero-order valence-corrected chi connectivity index (χ0v) is 28.1. The molecule has 260 valence electrons. The summed E-state index contributed by atoms with van der Waals surface area (Å²) >= 11 is 0. The Balaban J connectivity index is 1.53. The molecule has 3 aromatic rings. The van der Waals surface area contributed by atoms with Crippen LogP contribution in [0.4, 0.5) is 0 Å². The number of nitrogens with zero attached hydrogens (tertiary/aromatic N) is 3. The minimum Gasteiger partial charge on any atom is -0.355 e. The minimum atomic E-state index is -1.06. The highest BCUT2D eigenvalue weighted by atomic mass is 16.2. The quantitative estimate of drug-likeness (QED) is 0.256. The Morgan fingerprint density at radius 3 is 2.31 bits per heavy atom. The van der Waals surface area contributed by atoms with Crippen molar-refractivity contribution in [2.24, 2.45) is 5.92 Å². The molecule has 14 nitrogen and oxygen atoms in total. The van der Waals surface area contributed by atoms with Crippen molar-refractivity contribution < 1.29 is 28.8 Å². The predicted octanol–water partition coefficient (Wildman–Crippen LogP) is 0.712. The van der Waals surface area contributed by atoms with Gasteiger partial charge in [0.15, 0.2) is 0 Å². The number of benzene rings is 2. The second kappa shape index (κ2) is 17.0. The van der Waals surface area contributed by atoms with Crippen LogP contribution in [0.5, 0.6) is 0 Å². The van der Waals surface area contributed by atoms with Crippen LogP contribution in [-0.2, 0) is 30.4 Å². The van der Waals surface area contributed by atoms with E-state index < -0.39 is 59.6 Å². The number of carbonyl (C=O) groups excluding carboxylic acids is 6. The number of likely N-dealkylation sites (N-methyl/N-ethyl adjacent to an activating group) is 1. The fourth-order valence-electron chi connectivity index (χ4n) is 5.36. The first kappa shape index (κ1) is 36.3. The van der Waals surface area contributed by atoms with Crippen molar-refractivity contribution in [1.29, 1.82) is 0 Å². The van der Waals surface area contributed by atoms with Crippen LogP contribution in [-0.4, -0.2) is 94.2 Å². The number of rotatable bonds is 6. The van der Waals surface area contributed by atoms with Gasteiger partial charge >= 0.3 is 0 Å². The van der Waals surface area contributed by atoms with Gasteiger partial charge in [0.25, 0.3) is 5.91 Å². The van der Waals surface area contributed by atoms with Gasteiger partial charge in [-0.05, 0) is 55.5 Å². The lowest BCUT2D eigenvalue weighted by Gasteiger charge is -2.28. The molecule has 14 heteroatoms. The van der Waals surface area contributed by atoms with Crippen LogP contribution >= 0.6 is 0 Å². The monoisotopic (exact) mass is 672 g/mol. The van der Waals surface area contributed by atoms with Gasteiger partial charge < -0.3 is 36.1 Å². The van der Waals surface area contributed by atoms with Crippen molar-refractivity contribution >= 4 is 35.4 Å². The van der Waals surface area contributed by atoms with E-state index in [-0.39, 0.29) is 31.8 Å². The van der Waals surface area contributed by atoms with E-state index in [4.69, 9.17) is 0 Å². The molecule has 6 amide bonds. The molecule has 1 saturated heterocycles. The Hall–Kier alpha value is -5.53. The molecule has 0 unspecified atom stereocenters. The largest absolute Gasteiger partial charge is 0.355 e. The molecule has 1 aromatic heterocycles. The van der Waals surface area contributed by atoms with Crippen LogP contribution in [0.15, 0.2) is 73.3 Å². The first-order chi connectivity index (χ1) is 23.4. The van der Waals surface area contributed by atoms with E-state index in [1.54, 1.807) is 61.4 Å². The summed E-state index contributed by atoms with van der Waals surface area (Å²) in [6.45, 7) is 4.87. The predicted molar refractivity (Wildman–Crippen MR) is 181 cm³/mol. The van der Waals surface area contributed by atoms with Crippen LogP contribution in [0.3, 0.4) is 0 Å². The second-order valence-electron chi connectivity index (χ2n) is 12.4. The van der Waals surface area contributed by atoms with Gasteiger partial charge in [0, 0.05) is 43.7 Å². The van der Waals surface area contributed by atoms with Crippen LogP contribution in [0, 0.1) is 5.92 Å². The molecule has 0 bridgehead atoms. The molecule has 1 fully saturated rings. The number of aromatic nitrogens is 2. The number of nitrogens with one attached hydrogen (secondary N) is 5. The fraction of sp³-hybridized carbons (Fsp3) is 0.400. The lowest BCUT2D eigenvalue weighted by Crippen LogP contribution is -2.59. The fourth-order valence-corrected chi connectivity index (χ4v) is 5.36. The molecule has 4 rings (SSSR count). The van der Waals surface area contributed by atoms with E-state index >= 15 is 0 Å². The van der Waals surface area contributed by atoms with E-state index in [1.165, 1.54) is 18.9 Å². The summed E-state index contributed by atoms with van der Waals surface area (Å²) in [5.74, 6) is -3.57. The molecule has 5 N–H and O–H groups in total. The van der Waals surface area contributed by atoms with Gasteiger partial charge in [0.1, 0.15) is 24.2 Å². The number of hydrogen-bond acceptors (Lipinski definition) is 7. The third-order valence-corrected chi connectivity index (χ3v) is 8.20. The lowest BCUT2D eigenvalue weighted by atomic mass is 10.0. The molecule has 2 heterocycles. The van der Waals surface area contributed by atoms with Gasteiger partial charge in [-0.1, -0.05) is 44.2 Å². The Morgan fingerprint density at radius 1 is 0.939 bits per heavy atom. The highest BCUT2D eigenvalue weighted by Gasteiger charge is 2.32. The van der Waals surface area contributed by atoms with Crippen molar-refractivity contribution in [3.63, 3.8) is 0 Å². The topological polar surface area (TPSA) is 184 Å². The molecule has 0 spiro atoms. The second-order valence-corrected chi connectivity index (χ2v) is 12.4. The van der Waals surface area contributed by atoms with Gasteiger partial charge in [-0.15, -0.1) is 0 Å². The normalized spacial score (nSPS) is 21.9. The Labute approximate surface area is 285 Å². The van der Waals surface area contributed by atoms with E-state index in [2.05, 4.69) is 31.6 Å². The molecule has 0 aliphatic carbocycles. The lowest BCUT2D eigenvalue weighted by molar-refractivity contribution is -0.139. The average molecular weight is 673 g/mol. The summed E-state index contributed by atoms with van der Waals surface area (Å²) in [7, 11) is 1.47. The average Bonchev–Trinajstić information content (AvgIpc) is 3.63. The SMILES string of the molecule is CC(C)[C@H]1NC(=O)[C@@H](NC(=O)c2ccc(-n3ccnc3)cc2)CCCNC(=O)CN(C)C(=O)[C@H](Cc2ccccc2)NC(=O)[C@@H](C)NC1=O. The minimum absolute atomic E-state index is 0.143. The van der Waals surface area contributed by atoms with Gasteiger partial charge in [-0.3, -0.25) is 28.8 Å². The summed E-state index contributed by atoms with van der Waals surface area (Å²) in [5.41, 5.74) is 1.92. The molecule has 0 radical (unpaired) electrons. The molecule has 0 saturated carbocycles. The van der Waals surface area contributed by atoms with Crippen molar-refractivity contribution in [2.75, 3.05) is 20.1 Å². The summed E-state index contributed by atoms with van der Waals surface area (Å²) in [6.07, 6.45) is 5.67. The third-order valence-electron chi connectivity index (χ3n) is 8.20. The first-order valence-corrected chi connectivity index (χ1v) is 16.3. The zero-order valence-electron chi connectivity index (χ0n) is 28.1. The Bertz CT molecular complexity index is 1610. The number of imidazole rings is 1. The first-order valence-electron chi connectivity index (χ1n) is 16.3. The van der Waals surface area contributed by atoms with E-state index in [0.29, 0.717) is 12.0 Å². The maximum Gasteiger partial charge on any atom is 0.251 e. The van der Waals surface area contributed by atoms with Gasteiger partial charge in [0.05, 0.1) is 12.9 Å². The zero-order chi connectivity index (χ0) is 35.5.